The van der Waals surface area contributed by atoms with Crippen molar-refractivity contribution >= 4 is 28.5 Å². The number of ether oxygens (including phenoxy) is 2. The maximum atomic E-state index is 11.7. The van der Waals surface area contributed by atoms with Crippen molar-refractivity contribution in [1.82, 2.24) is 34.5 Å². The van der Waals surface area contributed by atoms with Gasteiger partial charge in [0.05, 0.1) is 30.4 Å². The number of hydrogen-bond donors (Lipinski definition) is 1. The molecule has 3 aliphatic heterocycles. The lowest BCUT2D eigenvalue weighted by molar-refractivity contribution is 0.00277. The molecule has 2 aromatic carbocycles. The number of carbonyl (C=O) groups is 1. The minimum absolute atomic E-state index is 0.290. The molecule has 12 nitrogen and oxygen atoms in total. The molecule has 6 heterocycles. The molecular formula is C37H39N9O3. The van der Waals surface area contributed by atoms with E-state index < -0.39 is 5.97 Å². The van der Waals surface area contributed by atoms with Crippen LogP contribution in [0.25, 0.3) is 22.3 Å². The number of methoxy groups -OCH3 is 1. The largest absolute Gasteiger partial charge is 0.464 e. The van der Waals surface area contributed by atoms with E-state index in [0.717, 1.165) is 91.6 Å². The van der Waals surface area contributed by atoms with Crippen LogP contribution in [-0.2, 0) is 4.74 Å². The summed E-state index contributed by atoms with van der Waals surface area (Å²) in [6.07, 6.45) is 5.52. The van der Waals surface area contributed by atoms with Gasteiger partial charge in [0.25, 0.3) is 0 Å². The number of benzene rings is 2. The zero-order valence-corrected chi connectivity index (χ0v) is 27.4. The average Bonchev–Trinajstić information content (AvgIpc) is 3.78. The third-order valence-corrected chi connectivity index (χ3v) is 11.0. The first-order valence-corrected chi connectivity index (χ1v) is 17.1. The number of para-hydroxylation sites is 1. The molecule has 0 bridgehead atoms. The quantitative estimate of drug-likeness (QED) is 0.237. The lowest BCUT2D eigenvalue weighted by atomic mass is 9.98. The molecule has 9 rings (SSSR count). The Morgan fingerprint density at radius 1 is 0.776 bits per heavy atom. The third-order valence-electron chi connectivity index (χ3n) is 11.0. The van der Waals surface area contributed by atoms with E-state index in [2.05, 4.69) is 34.3 Å². The number of nitrogens with two attached hydrogens (primary N) is 1. The van der Waals surface area contributed by atoms with Gasteiger partial charge in [0.2, 0.25) is 0 Å². The van der Waals surface area contributed by atoms with Crippen LogP contribution in [-0.4, -0.2) is 99.0 Å². The van der Waals surface area contributed by atoms with Gasteiger partial charge in [-0.05, 0) is 73.2 Å². The van der Waals surface area contributed by atoms with Crippen molar-refractivity contribution in [2.45, 2.75) is 31.0 Å². The van der Waals surface area contributed by atoms with Gasteiger partial charge < -0.3 is 20.1 Å². The number of rotatable bonds is 8. The Kier molecular flexibility index (Phi) is 7.42. The van der Waals surface area contributed by atoms with E-state index in [1.54, 1.807) is 18.6 Å². The van der Waals surface area contributed by atoms with Crippen LogP contribution in [0, 0.1) is 11.8 Å². The van der Waals surface area contributed by atoms with E-state index in [9.17, 15) is 4.79 Å². The van der Waals surface area contributed by atoms with Crippen LogP contribution < -0.4 is 15.4 Å². The van der Waals surface area contributed by atoms with Gasteiger partial charge >= 0.3 is 5.97 Å². The Hall–Kier alpha value is -5.07. The van der Waals surface area contributed by atoms with Gasteiger partial charge in [-0.3, -0.25) is 9.80 Å². The minimum atomic E-state index is -0.405. The second kappa shape index (κ2) is 12.1. The summed E-state index contributed by atoms with van der Waals surface area (Å²) in [4.78, 5) is 32.6. The molecule has 0 amide bonds. The molecular weight excluding hydrogens is 618 g/mol. The van der Waals surface area contributed by atoms with Gasteiger partial charge in [0.1, 0.15) is 35.0 Å². The first kappa shape index (κ1) is 30.0. The second-order valence-corrected chi connectivity index (χ2v) is 13.8. The van der Waals surface area contributed by atoms with Crippen molar-refractivity contribution in [2.75, 3.05) is 57.0 Å². The number of carbonyl (C=O) groups excluding carboxylic acids is 1. The Morgan fingerprint density at radius 3 is 2.16 bits per heavy atom. The third kappa shape index (κ3) is 5.44. The number of nitrogen functional groups attached to an aromatic ring is 1. The summed E-state index contributed by atoms with van der Waals surface area (Å²) in [5.41, 5.74) is 10.4. The fraction of sp³-hybridized carbons (Fsp3) is 0.378. The van der Waals surface area contributed by atoms with Gasteiger partial charge in [0.15, 0.2) is 5.65 Å². The number of fused-ring (bicyclic) bond motifs is 2. The highest BCUT2D eigenvalue weighted by Crippen LogP contribution is 2.46. The zero-order chi connectivity index (χ0) is 33.1. The van der Waals surface area contributed by atoms with E-state index in [4.69, 9.17) is 20.3 Å². The van der Waals surface area contributed by atoms with Crippen molar-refractivity contribution in [3.8, 4) is 22.8 Å². The number of anilines is 2. The zero-order valence-electron chi connectivity index (χ0n) is 27.4. The van der Waals surface area contributed by atoms with Crippen LogP contribution in [0.15, 0.2) is 79.3 Å². The number of hydrogen-bond acceptors (Lipinski definition) is 11. The standard InChI is InChI=1S/C37H39N9O3/c1-48-37(47)32-12-9-26(15-39-32)44-18-29(19-44)45-20-28(21-45)43-16-24-13-27(14-25(24)17-43)46-36-33(35(38)40-22-41-36)34(42-46)23-7-10-31(11-8-23)49-30-5-3-2-4-6-30/h2-12,15,22,24-25,27-29H,13-14,16-21H2,1H3,(H2,38,40,41). The molecule has 2 unspecified atom stereocenters. The fourth-order valence-corrected chi connectivity index (χ4v) is 8.27. The van der Waals surface area contributed by atoms with Gasteiger partial charge in [-0.1, -0.05) is 18.2 Å². The fourth-order valence-electron chi connectivity index (χ4n) is 8.27. The van der Waals surface area contributed by atoms with Crippen molar-refractivity contribution < 1.29 is 14.3 Å². The van der Waals surface area contributed by atoms with Gasteiger partial charge in [-0.25, -0.2) is 24.4 Å². The van der Waals surface area contributed by atoms with Crippen molar-refractivity contribution in [3.05, 3.63) is 84.9 Å². The van der Waals surface area contributed by atoms with Crippen LogP contribution in [0.2, 0.25) is 0 Å². The molecule has 4 aliphatic rings. The van der Waals surface area contributed by atoms with Crippen molar-refractivity contribution in [2.24, 2.45) is 11.8 Å². The number of aromatic nitrogens is 5. The van der Waals surface area contributed by atoms with Gasteiger partial charge in [-0.15, -0.1) is 0 Å². The summed E-state index contributed by atoms with van der Waals surface area (Å²) in [6.45, 7) is 6.58. The Balaban J connectivity index is 0.814. The highest BCUT2D eigenvalue weighted by molar-refractivity contribution is 5.98. The normalized spacial score (nSPS) is 23.0. The van der Waals surface area contributed by atoms with Crippen molar-refractivity contribution in [1.29, 1.82) is 0 Å². The molecule has 4 fully saturated rings. The number of pyridine rings is 1. The van der Waals surface area contributed by atoms with E-state index in [0.29, 0.717) is 41.5 Å². The molecule has 1 aliphatic carbocycles. The summed E-state index contributed by atoms with van der Waals surface area (Å²) in [5.74, 6) is 2.94. The number of nitrogens with zero attached hydrogens (tertiary/aromatic N) is 8. The molecule has 3 saturated heterocycles. The number of likely N-dealkylation sites (tertiary alicyclic amines) is 2. The van der Waals surface area contributed by atoms with Crippen LogP contribution in [0.4, 0.5) is 11.5 Å². The second-order valence-electron chi connectivity index (χ2n) is 13.8. The Bertz CT molecular complexity index is 1960. The summed E-state index contributed by atoms with van der Waals surface area (Å²) in [6, 6.07) is 23.0. The predicted octanol–water partition coefficient (Wildman–Crippen LogP) is 4.51. The van der Waals surface area contributed by atoms with Gasteiger partial charge in [0, 0.05) is 56.9 Å². The monoisotopic (exact) mass is 657 g/mol. The Labute approximate surface area is 284 Å². The first-order chi connectivity index (χ1) is 24.0. The SMILES string of the molecule is COC(=O)c1ccc(N2CC(N3CC(N4CC5CC(n6nc(-c7ccc(Oc8ccccc8)cc7)c7c(N)ncnc76)CC5C4)C3)C2)cn1. The lowest BCUT2D eigenvalue weighted by Gasteiger charge is -2.54. The maximum Gasteiger partial charge on any atom is 0.356 e. The molecule has 3 aromatic heterocycles. The summed E-state index contributed by atoms with van der Waals surface area (Å²) < 4.78 is 12.9. The molecule has 250 valence electrons. The molecule has 5 aromatic rings. The number of esters is 1. The van der Waals surface area contributed by atoms with Crippen molar-refractivity contribution in [3.63, 3.8) is 0 Å². The van der Waals surface area contributed by atoms with Crippen LogP contribution in [0.3, 0.4) is 0 Å². The lowest BCUT2D eigenvalue weighted by Crippen LogP contribution is -2.69. The van der Waals surface area contributed by atoms with E-state index >= 15 is 0 Å². The molecule has 2 atom stereocenters. The topological polar surface area (TPSA) is 128 Å². The predicted molar refractivity (Wildman–Crippen MR) is 185 cm³/mol. The highest BCUT2D eigenvalue weighted by atomic mass is 16.5. The molecule has 49 heavy (non-hydrogen) atoms. The highest BCUT2D eigenvalue weighted by Gasteiger charge is 2.48. The average molecular weight is 658 g/mol. The van der Waals surface area contributed by atoms with Crippen LogP contribution >= 0.6 is 0 Å². The molecule has 2 N–H and O–H groups in total. The molecule has 0 spiro atoms. The summed E-state index contributed by atoms with van der Waals surface area (Å²) >= 11 is 0. The van der Waals surface area contributed by atoms with Crippen LogP contribution in [0.5, 0.6) is 11.5 Å². The minimum Gasteiger partial charge on any atom is -0.464 e. The van der Waals surface area contributed by atoms with E-state index in [1.165, 1.54) is 7.11 Å². The molecule has 0 radical (unpaired) electrons. The summed E-state index contributed by atoms with van der Waals surface area (Å²) in [5, 5.41) is 5.97. The smallest absolute Gasteiger partial charge is 0.356 e. The molecule has 1 saturated carbocycles. The first-order valence-electron chi connectivity index (χ1n) is 17.1. The summed E-state index contributed by atoms with van der Waals surface area (Å²) in [7, 11) is 1.37. The van der Waals surface area contributed by atoms with Gasteiger partial charge in [-0.2, -0.15) is 5.10 Å². The van der Waals surface area contributed by atoms with E-state index in [-0.39, 0.29) is 0 Å². The molecule has 12 heteroatoms. The van der Waals surface area contributed by atoms with Crippen LogP contribution in [0.1, 0.15) is 29.4 Å². The van der Waals surface area contributed by atoms with E-state index in [1.807, 2.05) is 60.7 Å². The Morgan fingerprint density at radius 2 is 1.47 bits per heavy atom. The maximum absolute atomic E-state index is 11.7.